The summed E-state index contributed by atoms with van der Waals surface area (Å²) in [6, 6.07) is 3.77. The number of fused-ring (bicyclic) bond motifs is 1. The van der Waals surface area contributed by atoms with E-state index >= 15 is 0 Å². The Morgan fingerprint density at radius 3 is 2.70 bits per heavy atom. The first kappa shape index (κ1) is 23.9. The van der Waals surface area contributed by atoms with Gasteiger partial charge >= 0.3 is 0 Å². The van der Waals surface area contributed by atoms with Crippen LogP contribution in [0.3, 0.4) is 0 Å². The van der Waals surface area contributed by atoms with Crippen molar-refractivity contribution in [3.05, 3.63) is 44.7 Å². The van der Waals surface area contributed by atoms with Gasteiger partial charge in [-0.05, 0) is 44.9 Å². The Morgan fingerprint density at radius 1 is 1.27 bits per heavy atom. The van der Waals surface area contributed by atoms with Crippen LogP contribution in [0.25, 0.3) is 11.7 Å². The Bertz CT molecular complexity index is 1170. The molecule has 176 valence electrons. The maximum absolute atomic E-state index is 13.6. The maximum atomic E-state index is 13.6. The second-order valence-electron chi connectivity index (χ2n) is 8.43. The molecule has 2 saturated heterocycles. The Labute approximate surface area is 202 Å². The van der Waals surface area contributed by atoms with E-state index in [1.807, 2.05) is 32.9 Å². The molecule has 4 heterocycles. The molecule has 2 unspecified atom stereocenters. The van der Waals surface area contributed by atoms with Crippen molar-refractivity contribution in [2.24, 2.45) is 0 Å². The number of thiocarbonyl (C=S) groups is 1. The lowest BCUT2D eigenvalue weighted by molar-refractivity contribution is -0.122. The molecule has 0 spiro atoms. The van der Waals surface area contributed by atoms with Gasteiger partial charge in [-0.15, -0.1) is 0 Å². The van der Waals surface area contributed by atoms with Crippen molar-refractivity contribution in [1.29, 1.82) is 0 Å². The number of aromatic nitrogens is 2. The smallest absolute Gasteiger partial charge is 0.267 e. The van der Waals surface area contributed by atoms with Crippen molar-refractivity contribution in [2.45, 2.75) is 39.4 Å². The third kappa shape index (κ3) is 4.98. The van der Waals surface area contributed by atoms with E-state index in [2.05, 4.69) is 4.90 Å². The summed E-state index contributed by atoms with van der Waals surface area (Å²) in [6.45, 7) is 8.18. The predicted octanol–water partition coefficient (Wildman–Crippen LogP) is 2.85. The zero-order valence-corrected chi connectivity index (χ0v) is 20.9. The molecule has 2 aliphatic rings. The number of thioether (sulfide) groups is 1. The van der Waals surface area contributed by atoms with Gasteiger partial charge in [-0.2, -0.15) is 0 Å². The van der Waals surface area contributed by atoms with Gasteiger partial charge in [-0.3, -0.25) is 18.9 Å². The number of nitrogens with zero attached hydrogens (tertiary/aromatic N) is 4. The summed E-state index contributed by atoms with van der Waals surface area (Å²) in [4.78, 5) is 35.6. The number of aryl methyl sites for hydroxylation is 1. The molecule has 0 bridgehead atoms. The van der Waals surface area contributed by atoms with Crippen LogP contribution in [0.1, 0.15) is 31.4 Å². The summed E-state index contributed by atoms with van der Waals surface area (Å²) in [5, 5.41) is 0. The van der Waals surface area contributed by atoms with Crippen LogP contribution in [-0.2, 0) is 14.3 Å². The van der Waals surface area contributed by atoms with E-state index in [0.717, 1.165) is 5.56 Å². The largest absolute Gasteiger partial charge is 0.385 e. The first-order chi connectivity index (χ1) is 15.8. The summed E-state index contributed by atoms with van der Waals surface area (Å²) in [7, 11) is 1.63. The van der Waals surface area contributed by atoms with Gasteiger partial charge in [0.25, 0.3) is 11.5 Å². The maximum Gasteiger partial charge on any atom is 0.267 e. The monoisotopic (exact) mass is 488 g/mol. The van der Waals surface area contributed by atoms with Gasteiger partial charge < -0.3 is 14.4 Å². The van der Waals surface area contributed by atoms with Crippen LogP contribution in [-0.4, -0.2) is 70.1 Å². The van der Waals surface area contributed by atoms with Crippen LogP contribution in [0.15, 0.2) is 28.0 Å². The fourth-order valence-electron chi connectivity index (χ4n) is 4.16. The van der Waals surface area contributed by atoms with Crippen LogP contribution in [0.5, 0.6) is 0 Å². The molecule has 1 amide bonds. The Kier molecular flexibility index (Phi) is 7.18. The minimum absolute atomic E-state index is 0.00105. The van der Waals surface area contributed by atoms with Gasteiger partial charge in [0.1, 0.15) is 15.8 Å². The third-order valence-electron chi connectivity index (χ3n) is 5.58. The van der Waals surface area contributed by atoms with Gasteiger partial charge in [0, 0.05) is 39.5 Å². The van der Waals surface area contributed by atoms with Crippen molar-refractivity contribution in [3.63, 3.8) is 0 Å². The number of hydrogen-bond acceptors (Lipinski definition) is 8. The SMILES string of the molecule is COCCCN1C(=O)C(=Cc2c(N3CC(C)OC(C)C3)nc3ccc(C)cn3c2=O)SC1=S. The van der Waals surface area contributed by atoms with Crippen LogP contribution in [0.4, 0.5) is 5.82 Å². The highest BCUT2D eigenvalue weighted by Crippen LogP contribution is 2.34. The average Bonchev–Trinajstić information content (AvgIpc) is 3.02. The Balaban J connectivity index is 1.80. The van der Waals surface area contributed by atoms with Crippen LogP contribution in [0, 0.1) is 6.92 Å². The first-order valence-electron chi connectivity index (χ1n) is 11.0. The minimum Gasteiger partial charge on any atom is -0.385 e. The molecule has 2 fully saturated rings. The lowest BCUT2D eigenvalue weighted by atomic mass is 10.1. The van der Waals surface area contributed by atoms with E-state index in [1.54, 1.807) is 24.3 Å². The van der Waals surface area contributed by atoms with E-state index in [4.69, 9.17) is 26.7 Å². The van der Waals surface area contributed by atoms with E-state index in [0.29, 0.717) is 58.9 Å². The van der Waals surface area contributed by atoms with Gasteiger partial charge in [-0.25, -0.2) is 4.98 Å². The molecule has 0 aromatic carbocycles. The van der Waals surface area contributed by atoms with Gasteiger partial charge in [0.05, 0.1) is 22.7 Å². The zero-order chi connectivity index (χ0) is 23.7. The number of methoxy groups -OCH3 is 1. The molecule has 2 aromatic heterocycles. The van der Waals surface area contributed by atoms with Crippen molar-refractivity contribution in [3.8, 4) is 0 Å². The molecule has 2 aromatic rings. The number of morpholine rings is 1. The summed E-state index contributed by atoms with van der Waals surface area (Å²) in [5.74, 6) is 0.375. The second-order valence-corrected chi connectivity index (χ2v) is 10.1. The molecule has 8 nitrogen and oxygen atoms in total. The summed E-state index contributed by atoms with van der Waals surface area (Å²) in [5.41, 5.74) is 1.69. The van der Waals surface area contributed by atoms with E-state index in [9.17, 15) is 9.59 Å². The summed E-state index contributed by atoms with van der Waals surface area (Å²) < 4.78 is 13.0. The number of carbonyl (C=O) groups excluding carboxylic acids is 1. The molecule has 2 aliphatic heterocycles. The van der Waals surface area contributed by atoms with Crippen molar-refractivity contribution >= 4 is 51.7 Å². The van der Waals surface area contributed by atoms with E-state index in [-0.39, 0.29) is 23.7 Å². The van der Waals surface area contributed by atoms with Gasteiger partial charge in [0.2, 0.25) is 0 Å². The Hall–Kier alpha value is -2.27. The lowest BCUT2D eigenvalue weighted by Crippen LogP contribution is -2.46. The van der Waals surface area contributed by atoms with Crippen LogP contribution < -0.4 is 10.5 Å². The highest BCUT2D eigenvalue weighted by molar-refractivity contribution is 8.26. The fraction of sp³-hybridized carbons (Fsp3) is 0.478. The highest BCUT2D eigenvalue weighted by atomic mass is 32.2. The normalized spacial score (nSPS) is 22.7. The molecule has 2 atom stereocenters. The number of pyridine rings is 1. The summed E-state index contributed by atoms with van der Waals surface area (Å²) >= 11 is 6.65. The number of rotatable bonds is 6. The molecular weight excluding hydrogens is 460 g/mol. The third-order valence-corrected chi connectivity index (χ3v) is 6.96. The number of ether oxygens (including phenoxy) is 2. The quantitative estimate of drug-likeness (QED) is 0.349. The lowest BCUT2D eigenvalue weighted by Gasteiger charge is -2.36. The fourth-order valence-corrected chi connectivity index (χ4v) is 5.45. The van der Waals surface area contributed by atoms with Crippen LogP contribution >= 0.6 is 24.0 Å². The molecule has 4 rings (SSSR count). The van der Waals surface area contributed by atoms with Gasteiger partial charge in [0.15, 0.2) is 0 Å². The molecular formula is C23H28N4O4S2. The first-order valence-corrected chi connectivity index (χ1v) is 12.2. The van der Waals surface area contributed by atoms with Crippen LogP contribution in [0.2, 0.25) is 0 Å². The summed E-state index contributed by atoms with van der Waals surface area (Å²) in [6.07, 6.45) is 4.11. The Morgan fingerprint density at radius 2 is 2.00 bits per heavy atom. The highest BCUT2D eigenvalue weighted by Gasteiger charge is 2.33. The molecule has 0 radical (unpaired) electrons. The number of anilines is 1. The van der Waals surface area contributed by atoms with Gasteiger partial charge in [-0.1, -0.05) is 30.0 Å². The van der Waals surface area contributed by atoms with E-state index < -0.39 is 0 Å². The number of hydrogen-bond donors (Lipinski definition) is 0. The number of amides is 1. The molecule has 10 heteroatoms. The topological polar surface area (TPSA) is 76.4 Å². The molecule has 33 heavy (non-hydrogen) atoms. The van der Waals surface area contributed by atoms with E-state index in [1.165, 1.54) is 16.2 Å². The molecule has 0 aliphatic carbocycles. The van der Waals surface area contributed by atoms with Crippen molar-refractivity contribution in [2.75, 3.05) is 38.3 Å². The number of carbonyl (C=O) groups is 1. The van der Waals surface area contributed by atoms with Crippen molar-refractivity contribution in [1.82, 2.24) is 14.3 Å². The molecule has 0 saturated carbocycles. The predicted molar refractivity (Wildman–Crippen MR) is 135 cm³/mol. The van der Waals surface area contributed by atoms with Crippen molar-refractivity contribution < 1.29 is 14.3 Å². The minimum atomic E-state index is -0.213. The molecule has 0 N–H and O–H groups in total. The standard InChI is InChI=1S/C23H28N4O4S2/c1-14-6-7-19-24-20(25-12-15(2)31-16(3)13-25)17(21(28)27(19)11-14)10-18-22(29)26(23(32)33-18)8-5-9-30-4/h6-7,10-11,15-16H,5,8-9,12-13H2,1-4H3. The zero-order valence-electron chi connectivity index (χ0n) is 19.2. The second kappa shape index (κ2) is 9.92. The average molecular weight is 489 g/mol.